The third-order valence-electron chi connectivity index (χ3n) is 7.26. The van der Waals surface area contributed by atoms with E-state index in [1.807, 2.05) is 6.20 Å². The summed E-state index contributed by atoms with van der Waals surface area (Å²) in [5, 5.41) is 10.4. The molecule has 7 rings (SSSR count). The molecule has 146 valence electrons. The van der Waals surface area contributed by atoms with Crippen LogP contribution >= 0.6 is 0 Å². The summed E-state index contributed by atoms with van der Waals surface area (Å²) in [4.78, 5) is 4.92. The molecule has 0 spiro atoms. The first-order valence-electron chi connectivity index (χ1n) is 10.9. The first kappa shape index (κ1) is 17.0. The fourth-order valence-corrected chi connectivity index (χ4v) is 5.66. The highest BCUT2D eigenvalue weighted by Crippen LogP contribution is 2.50. The zero-order chi connectivity index (χ0) is 20.7. The monoisotopic (exact) mass is 395 g/mol. The Balaban J connectivity index is 1.72. The van der Waals surface area contributed by atoms with Crippen molar-refractivity contribution in [2.45, 2.75) is 19.3 Å². The van der Waals surface area contributed by atoms with Crippen molar-refractivity contribution in [3.8, 4) is 11.3 Å². The van der Waals surface area contributed by atoms with Crippen LogP contribution in [0.2, 0.25) is 0 Å². The number of hydrogen-bond acceptors (Lipinski definition) is 1. The molecule has 0 radical (unpaired) electrons. The second-order valence-corrected chi connectivity index (χ2v) is 9.26. The second kappa shape index (κ2) is 5.70. The normalized spacial score (nSPS) is 14.4. The highest BCUT2D eigenvalue weighted by molar-refractivity contribution is 6.21. The number of nitrogens with zero attached hydrogens (tertiary/aromatic N) is 1. The molecule has 1 aliphatic carbocycles. The summed E-state index contributed by atoms with van der Waals surface area (Å²) in [6, 6.07) is 31.2. The molecule has 0 atom stereocenters. The lowest BCUT2D eigenvalue weighted by Gasteiger charge is -2.35. The standard InChI is InChI=1S/C30H21N/c1-30(2)26-16-20-9-4-3-8-19(20)15-25(26)29-28-23(13-14-31-29)22-12-11-18-7-5-6-10-21(18)24(22)17-27(28)30/h3-17H,1-2H3. The Kier molecular flexibility index (Phi) is 3.13. The highest BCUT2D eigenvalue weighted by atomic mass is 14.7. The highest BCUT2D eigenvalue weighted by Gasteiger charge is 2.35. The molecule has 0 aliphatic heterocycles. The largest absolute Gasteiger partial charge is 0.256 e. The van der Waals surface area contributed by atoms with E-state index in [1.165, 1.54) is 59.8 Å². The molecule has 5 aromatic carbocycles. The Morgan fingerprint density at radius 3 is 2.16 bits per heavy atom. The van der Waals surface area contributed by atoms with Crippen LogP contribution in [-0.2, 0) is 5.41 Å². The quantitative estimate of drug-likeness (QED) is 0.237. The van der Waals surface area contributed by atoms with Crippen molar-refractivity contribution < 1.29 is 0 Å². The van der Waals surface area contributed by atoms with Crippen LogP contribution in [0.1, 0.15) is 25.0 Å². The summed E-state index contributed by atoms with van der Waals surface area (Å²) in [6.45, 7) is 4.73. The molecule has 0 fully saturated rings. The Morgan fingerprint density at radius 2 is 1.32 bits per heavy atom. The summed E-state index contributed by atoms with van der Waals surface area (Å²) < 4.78 is 0. The summed E-state index contributed by atoms with van der Waals surface area (Å²) >= 11 is 0. The van der Waals surface area contributed by atoms with Crippen molar-refractivity contribution in [2.75, 3.05) is 0 Å². The summed E-state index contributed by atoms with van der Waals surface area (Å²) in [5.74, 6) is 0. The van der Waals surface area contributed by atoms with Gasteiger partial charge in [0, 0.05) is 22.6 Å². The molecule has 0 saturated carbocycles. The maximum atomic E-state index is 4.92. The molecule has 6 aromatic rings. The van der Waals surface area contributed by atoms with E-state index in [2.05, 4.69) is 98.8 Å². The Hall–Kier alpha value is -3.71. The summed E-state index contributed by atoms with van der Waals surface area (Å²) in [5.41, 5.74) is 5.00. The van der Waals surface area contributed by atoms with Crippen molar-refractivity contribution in [1.82, 2.24) is 4.98 Å². The van der Waals surface area contributed by atoms with Gasteiger partial charge in [-0.05, 0) is 73.1 Å². The molecule has 0 amide bonds. The third-order valence-corrected chi connectivity index (χ3v) is 7.26. The molecule has 0 saturated heterocycles. The third kappa shape index (κ3) is 2.13. The van der Waals surface area contributed by atoms with Crippen molar-refractivity contribution in [3.63, 3.8) is 0 Å². The zero-order valence-corrected chi connectivity index (χ0v) is 17.6. The van der Waals surface area contributed by atoms with Crippen LogP contribution in [0.15, 0.2) is 91.1 Å². The van der Waals surface area contributed by atoms with Crippen LogP contribution < -0.4 is 0 Å². The number of rotatable bonds is 0. The second-order valence-electron chi connectivity index (χ2n) is 9.26. The first-order chi connectivity index (χ1) is 15.1. The number of fused-ring (bicyclic) bond motifs is 7. The maximum Gasteiger partial charge on any atom is 0.0786 e. The van der Waals surface area contributed by atoms with Gasteiger partial charge in [0.2, 0.25) is 0 Å². The molecule has 1 aromatic heterocycles. The summed E-state index contributed by atoms with van der Waals surface area (Å²) in [6.07, 6.45) is 1.98. The van der Waals surface area contributed by atoms with Gasteiger partial charge in [-0.15, -0.1) is 0 Å². The van der Waals surface area contributed by atoms with Gasteiger partial charge in [-0.2, -0.15) is 0 Å². The van der Waals surface area contributed by atoms with Crippen LogP contribution in [0, 0.1) is 0 Å². The van der Waals surface area contributed by atoms with Gasteiger partial charge in [-0.3, -0.25) is 4.98 Å². The first-order valence-corrected chi connectivity index (χ1v) is 10.9. The number of aromatic nitrogens is 1. The Bertz CT molecular complexity index is 1710. The van der Waals surface area contributed by atoms with Crippen molar-refractivity contribution in [2.24, 2.45) is 0 Å². The number of hydrogen-bond donors (Lipinski definition) is 0. The van der Waals surface area contributed by atoms with E-state index in [1.54, 1.807) is 0 Å². The van der Waals surface area contributed by atoms with Crippen molar-refractivity contribution in [3.05, 3.63) is 102 Å². The molecular weight excluding hydrogens is 374 g/mol. The lowest BCUT2D eigenvalue weighted by atomic mass is 9.68. The van der Waals surface area contributed by atoms with E-state index in [-0.39, 0.29) is 5.41 Å². The van der Waals surface area contributed by atoms with Crippen LogP contribution in [0.4, 0.5) is 0 Å². The minimum atomic E-state index is -0.112. The fourth-order valence-electron chi connectivity index (χ4n) is 5.66. The SMILES string of the molecule is CC1(C)c2cc3ccccc3cc2-c2nccc3c2c1cc1c2ccccc2ccc31. The minimum absolute atomic E-state index is 0.112. The maximum absolute atomic E-state index is 4.92. The Morgan fingerprint density at radius 1 is 0.581 bits per heavy atom. The van der Waals surface area contributed by atoms with Gasteiger partial charge >= 0.3 is 0 Å². The van der Waals surface area contributed by atoms with Gasteiger partial charge in [0.1, 0.15) is 0 Å². The molecule has 0 N–H and O–H groups in total. The predicted octanol–water partition coefficient (Wildman–Crippen LogP) is 8.00. The van der Waals surface area contributed by atoms with E-state index >= 15 is 0 Å². The van der Waals surface area contributed by atoms with E-state index in [0.717, 1.165) is 5.69 Å². The van der Waals surface area contributed by atoms with Crippen molar-refractivity contribution in [1.29, 1.82) is 0 Å². The lowest BCUT2D eigenvalue weighted by molar-refractivity contribution is 0.646. The average Bonchev–Trinajstić information content (AvgIpc) is 2.81. The number of benzene rings is 5. The molecular formula is C30H21N. The van der Waals surface area contributed by atoms with Gasteiger partial charge in [-0.25, -0.2) is 0 Å². The number of pyridine rings is 1. The Labute approximate surface area is 181 Å². The molecule has 1 heterocycles. The summed E-state index contributed by atoms with van der Waals surface area (Å²) in [7, 11) is 0. The van der Waals surface area contributed by atoms with Gasteiger partial charge in [0.25, 0.3) is 0 Å². The van der Waals surface area contributed by atoms with Crippen molar-refractivity contribution >= 4 is 43.1 Å². The van der Waals surface area contributed by atoms with Gasteiger partial charge < -0.3 is 0 Å². The minimum Gasteiger partial charge on any atom is -0.256 e. The van der Waals surface area contributed by atoms with E-state index < -0.39 is 0 Å². The molecule has 0 bridgehead atoms. The molecule has 0 unspecified atom stereocenters. The van der Waals surface area contributed by atoms with Crippen LogP contribution in [0.5, 0.6) is 0 Å². The van der Waals surface area contributed by atoms with Gasteiger partial charge in [-0.1, -0.05) is 74.5 Å². The molecule has 31 heavy (non-hydrogen) atoms. The average molecular weight is 396 g/mol. The zero-order valence-electron chi connectivity index (χ0n) is 17.6. The predicted molar refractivity (Wildman–Crippen MR) is 132 cm³/mol. The van der Waals surface area contributed by atoms with Gasteiger partial charge in [0.15, 0.2) is 0 Å². The van der Waals surface area contributed by atoms with Crippen LogP contribution in [0.25, 0.3) is 54.3 Å². The molecule has 1 aliphatic rings. The van der Waals surface area contributed by atoms with Crippen LogP contribution in [-0.4, -0.2) is 4.98 Å². The molecule has 1 heteroatoms. The lowest BCUT2D eigenvalue weighted by Crippen LogP contribution is -2.24. The topological polar surface area (TPSA) is 12.9 Å². The van der Waals surface area contributed by atoms with E-state index in [9.17, 15) is 0 Å². The van der Waals surface area contributed by atoms with Gasteiger partial charge in [0.05, 0.1) is 5.69 Å². The van der Waals surface area contributed by atoms with E-state index in [4.69, 9.17) is 4.98 Å². The fraction of sp³-hybridized carbons (Fsp3) is 0.100. The smallest absolute Gasteiger partial charge is 0.0786 e. The van der Waals surface area contributed by atoms with E-state index in [0.29, 0.717) is 0 Å². The van der Waals surface area contributed by atoms with Crippen LogP contribution in [0.3, 0.4) is 0 Å². The molecule has 1 nitrogen and oxygen atoms in total.